The van der Waals surface area contributed by atoms with Crippen LogP contribution in [0, 0.1) is 24.7 Å². The first-order chi connectivity index (χ1) is 10.6. The van der Waals surface area contributed by atoms with E-state index in [2.05, 4.69) is 10.6 Å². The first kappa shape index (κ1) is 14.3. The third-order valence-corrected chi connectivity index (χ3v) is 6.23. The maximum absolute atomic E-state index is 12.3. The predicted molar refractivity (Wildman–Crippen MR) is 87.5 cm³/mol. The predicted octanol–water partition coefficient (Wildman–Crippen LogP) is 2.47. The maximum Gasteiger partial charge on any atom is 0.279 e. The van der Waals surface area contributed by atoms with E-state index in [1.165, 1.54) is 38.5 Å². The van der Waals surface area contributed by atoms with Gasteiger partial charge in [0.1, 0.15) is 0 Å². The average molecular weight is 299 g/mol. The van der Waals surface area contributed by atoms with Crippen molar-refractivity contribution in [2.45, 2.75) is 51.0 Å². The molecule has 0 heterocycles. The molecule has 0 radical (unpaired) electrons. The summed E-state index contributed by atoms with van der Waals surface area (Å²) in [5.74, 6) is 2.98. The number of carbonyl (C=O) groups excluding carboxylic acids is 1. The third-order valence-electron chi connectivity index (χ3n) is 6.23. The number of amides is 1. The van der Waals surface area contributed by atoms with Crippen LogP contribution in [0.4, 0.5) is 5.69 Å². The summed E-state index contributed by atoms with van der Waals surface area (Å²) in [4.78, 5) is 12.3. The Balaban J connectivity index is 1.37. The summed E-state index contributed by atoms with van der Waals surface area (Å²) in [5, 5.41) is 5.45. The first-order valence-corrected chi connectivity index (χ1v) is 8.82. The van der Waals surface area contributed by atoms with Gasteiger partial charge in [-0.2, -0.15) is 0 Å². The number of quaternary nitrogens is 1. The molecule has 0 aliphatic heterocycles. The van der Waals surface area contributed by atoms with Gasteiger partial charge in [-0.15, -0.1) is 0 Å². The average Bonchev–Trinajstić information content (AvgIpc) is 2.46. The van der Waals surface area contributed by atoms with Crippen LogP contribution in [0.25, 0.3) is 0 Å². The molecule has 3 N–H and O–H groups in total. The molecule has 4 saturated carbocycles. The van der Waals surface area contributed by atoms with E-state index in [0.717, 1.165) is 29.0 Å². The van der Waals surface area contributed by atoms with E-state index in [9.17, 15) is 4.79 Å². The fourth-order valence-corrected chi connectivity index (χ4v) is 5.65. The number of hydrogen-bond acceptors (Lipinski definition) is 1. The number of anilines is 1. The van der Waals surface area contributed by atoms with Crippen molar-refractivity contribution >= 4 is 11.6 Å². The molecular weight excluding hydrogens is 272 g/mol. The smallest absolute Gasteiger partial charge is 0.279 e. The van der Waals surface area contributed by atoms with E-state index in [1.807, 2.05) is 31.2 Å². The van der Waals surface area contributed by atoms with E-state index >= 15 is 0 Å². The molecule has 1 aromatic rings. The molecule has 0 spiro atoms. The summed E-state index contributed by atoms with van der Waals surface area (Å²) in [7, 11) is 0. The van der Waals surface area contributed by atoms with Gasteiger partial charge >= 0.3 is 0 Å². The Bertz CT molecular complexity index is 545. The molecule has 22 heavy (non-hydrogen) atoms. The lowest BCUT2D eigenvalue weighted by Crippen LogP contribution is -3.00. The van der Waals surface area contributed by atoms with Gasteiger partial charge in [0.05, 0.1) is 5.54 Å². The highest BCUT2D eigenvalue weighted by molar-refractivity contribution is 5.92. The second kappa shape index (κ2) is 5.38. The molecule has 4 bridgehead atoms. The SMILES string of the molecule is Cc1ccccc1NC(=O)C[NH2+]C12CC3CC(CC(C3)C1)C2. The van der Waals surface area contributed by atoms with E-state index in [4.69, 9.17) is 0 Å². The quantitative estimate of drug-likeness (QED) is 0.881. The van der Waals surface area contributed by atoms with Crippen molar-refractivity contribution < 1.29 is 10.1 Å². The molecule has 0 saturated heterocycles. The van der Waals surface area contributed by atoms with E-state index in [0.29, 0.717) is 12.1 Å². The Labute approximate surface area is 132 Å². The second-order valence-corrected chi connectivity index (χ2v) is 8.05. The monoisotopic (exact) mass is 299 g/mol. The number of carbonyl (C=O) groups is 1. The number of hydrogen-bond donors (Lipinski definition) is 2. The molecule has 1 aromatic carbocycles. The van der Waals surface area contributed by atoms with Crippen LogP contribution in [0.15, 0.2) is 24.3 Å². The molecule has 4 aliphatic rings. The molecule has 3 nitrogen and oxygen atoms in total. The summed E-state index contributed by atoms with van der Waals surface area (Å²) in [6, 6.07) is 8.01. The molecule has 4 fully saturated rings. The van der Waals surface area contributed by atoms with E-state index in [-0.39, 0.29) is 5.91 Å². The van der Waals surface area contributed by atoms with Crippen LogP contribution in [0.5, 0.6) is 0 Å². The Morgan fingerprint density at radius 2 is 1.73 bits per heavy atom. The topological polar surface area (TPSA) is 45.7 Å². The summed E-state index contributed by atoms with van der Waals surface area (Å²) in [6.07, 6.45) is 8.41. The van der Waals surface area contributed by atoms with Crippen molar-refractivity contribution in [3.8, 4) is 0 Å². The number of nitrogens with one attached hydrogen (secondary N) is 1. The molecule has 4 aliphatic carbocycles. The third kappa shape index (κ3) is 2.67. The van der Waals surface area contributed by atoms with Crippen LogP contribution in [-0.4, -0.2) is 18.0 Å². The van der Waals surface area contributed by atoms with Gasteiger partial charge in [0, 0.05) is 24.9 Å². The maximum atomic E-state index is 12.3. The lowest BCUT2D eigenvalue weighted by Gasteiger charge is -2.54. The van der Waals surface area contributed by atoms with Crippen LogP contribution in [0.3, 0.4) is 0 Å². The van der Waals surface area contributed by atoms with Crippen LogP contribution < -0.4 is 10.6 Å². The molecule has 1 amide bonds. The fraction of sp³-hybridized carbons (Fsp3) is 0.632. The molecule has 0 unspecified atom stereocenters. The number of nitrogens with two attached hydrogens (primary N) is 1. The van der Waals surface area contributed by atoms with Crippen LogP contribution in [0.2, 0.25) is 0 Å². The fourth-order valence-electron chi connectivity index (χ4n) is 5.65. The zero-order valence-corrected chi connectivity index (χ0v) is 13.5. The normalized spacial score (nSPS) is 35.6. The molecule has 0 atom stereocenters. The molecule has 118 valence electrons. The zero-order valence-electron chi connectivity index (χ0n) is 13.5. The highest BCUT2D eigenvalue weighted by atomic mass is 16.1. The van der Waals surface area contributed by atoms with Crippen LogP contribution in [0.1, 0.15) is 44.1 Å². The van der Waals surface area contributed by atoms with Gasteiger partial charge in [0.25, 0.3) is 5.91 Å². The number of para-hydroxylation sites is 1. The minimum Gasteiger partial charge on any atom is -0.334 e. The van der Waals surface area contributed by atoms with Gasteiger partial charge in [-0.05, 0) is 55.6 Å². The molecule has 5 rings (SSSR count). The minimum atomic E-state index is 0.144. The lowest BCUT2D eigenvalue weighted by molar-refractivity contribution is -0.729. The van der Waals surface area contributed by atoms with Gasteiger partial charge in [0.15, 0.2) is 6.54 Å². The highest BCUT2D eigenvalue weighted by Crippen LogP contribution is 2.54. The minimum absolute atomic E-state index is 0.144. The Kier molecular flexibility index (Phi) is 3.48. The Hall–Kier alpha value is -1.35. The van der Waals surface area contributed by atoms with Crippen LogP contribution in [-0.2, 0) is 4.79 Å². The van der Waals surface area contributed by atoms with Crippen LogP contribution >= 0.6 is 0 Å². The van der Waals surface area contributed by atoms with Crippen molar-refractivity contribution in [3.63, 3.8) is 0 Å². The number of benzene rings is 1. The summed E-state index contributed by atoms with van der Waals surface area (Å²) >= 11 is 0. The molecule has 0 aromatic heterocycles. The van der Waals surface area contributed by atoms with Gasteiger partial charge in [-0.3, -0.25) is 4.79 Å². The first-order valence-electron chi connectivity index (χ1n) is 8.82. The number of rotatable bonds is 4. The Morgan fingerprint density at radius 3 is 2.32 bits per heavy atom. The largest absolute Gasteiger partial charge is 0.334 e. The van der Waals surface area contributed by atoms with Gasteiger partial charge in [-0.1, -0.05) is 18.2 Å². The highest BCUT2D eigenvalue weighted by Gasteiger charge is 2.53. The van der Waals surface area contributed by atoms with E-state index in [1.54, 1.807) is 0 Å². The Morgan fingerprint density at radius 1 is 1.14 bits per heavy atom. The zero-order chi connectivity index (χ0) is 15.2. The number of aryl methyl sites for hydroxylation is 1. The molecule has 3 heteroatoms. The lowest BCUT2D eigenvalue weighted by atomic mass is 9.53. The van der Waals surface area contributed by atoms with Crippen molar-refractivity contribution in [3.05, 3.63) is 29.8 Å². The standard InChI is InChI=1S/C19H26N2O/c1-13-4-2-3-5-17(13)21-18(22)12-20-19-9-14-6-15(10-19)8-16(7-14)11-19/h2-5,14-16,20H,6-12H2,1H3,(H,21,22)/p+1. The summed E-state index contributed by atoms with van der Waals surface area (Å²) < 4.78 is 0. The van der Waals surface area contributed by atoms with Gasteiger partial charge in [0.2, 0.25) is 0 Å². The van der Waals surface area contributed by atoms with Crippen molar-refractivity contribution in [1.29, 1.82) is 0 Å². The summed E-state index contributed by atoms with van der Waals surface area (Å²) in [5.41, 5.74) is 2.47. The van der Waals surface area contributed by atoms with E-state index < -0.39 is 0 Å². The summed E-state index contributed by atoms with van der Waals surface area (Å²) in [6.45, 7) is 2.61. The van der Waals surface area contributed by atoms with Gasteiger partial charge in [-0.25, -0.2) is 0 Å². The second-order valence-electron chi connectivity index (χ2n) is 8.05. The van der Waals surface area contributed by atoms with Gasteiger partial charge < -0.3 is 10.6 Å². The van der Waals surface area contributed by atoms with Crippen molar-refractivity contribution in [1.82, 2.24) is 0 Å². The molecular formula is C19H27N2O+. The van der Waals surface area contributed by atoms with Crippen molar-refractivity contribution in [2.75, 3.05) is 11.9 Å². The van der Waals surface area contributed by atoms with Crippen molar-refractivity contribution in [2.24, 2.45) is 17.8 Å².